The monoisotopic (exact) mass is 460 g/mol. The van der Waals surface area contributed by atoms with Crippen molar-refractivity contribution in [2.45, 2.75) is 39.2 Å². The largest absolute Gasteiger partial charge is 0.497 e. The van der Waals surface area contributed by atoms with Gasteiger partial charge in [0.15, 0.2) is 5.54 Å². The van der Waals surface area contributed by atoms with E-state index < -0.39 is 5.54 Å². The van der Waals surface area contributed by atoms with Crippen molar-refractivity contribution in [1.82, 2.24) is 15.2 Å². The maximum atomic E-state index is 14.5. The van der Waals surface area contributed by atoms with Gasteiger partial charge in [-0.1, -0.05) is 32.0 Å². The van der Waals surface area contributed by atoms with Crippen LogP contribution in [0.3, 0.4) is 0 Å². The summed E-state index contributed by atoms with van der Waals surface area (Å²) in [5.41, 5.74) is 3.31. The van der Waals surface area contributed by atoms with E-state index in [4.69, 9.17) is 4.74 Å². The standard InChI is InChI=1S/C27H32N4O3/c1-5-28-26(33)31-15-13-19-20-16-18(34-4)10-11-22(20)29-24(19)27(31)21-8-6-7-9-23(21)30(25(27)32)14-12-17(2)3/h6-11,16-17,29H,5,12-15H2,1-4H3,(H,28,33)/t27-/m0/s1. The van der Waals surface area contributed by atoms with Crippen LogP contribution in [0.5, 0.6) is 5.75 Å². The molecule has 1 spiro atoms. The highest BCUT2D eigenvalue weighted by Gasteiger charge is 2.60. The Kier molecular flexibility index (Phi) is 5.50. The van der Waals surface area contributed by atoms with E-state index in [9.17, 15) is 9.59 Å². The number of aromatic amines is 1. The summed E-state index contributed by atoms with van der Waals surface area (Å²) in [6, 6.07) is 13.6. The Balaban J connectivity index is 1.78. The number of nitrogens with one attached hydrogen (secondary N) is 2. The van der Waals surface area contributed by atoms with Crippen molar-refractivity contribution in [2.24, 2.45) is 5.92 Å². The maximum Gasteiger partial charge on any atom is 0.318 e. The molecule has 0 saturated heterocycles. The van der Waals surface area contributed by atoms with Gasteiger partial charge < -0.3 is 24.8 Å². The minimum Gasteiger partial charge on any atom is -0.497 e. The fourth-order valence-corrected chi connectivity index (χ4v) is 5.50. The molecule has 5 rings (SSSR count). The SMILES string of the molecule is CCNC(=O)N1CCc2c([nH]c3ccc(OC)cc23)[C@@]12C(=O)N(CCC(C)C)c1ccccc12. The lowest BCUT2D eigenvalue weighted by molar-refractivity contribution is -0.126. The summed E-state index contributed by atoms with van der Waals surface area (Å²) >= 11 is 0. The van der Waals surface area contributed by atoms with Crippen LogP contribution >= 0.6 is 0 Å². The first-order valence-corrected chi connectivity index (χ1v) is 12.1. The molecule has 178 valence electrons. The second kappa shape index (κ2) is 8.38. The van der Waals surface area contributed by atoms with E-state index in [0.717, 1.165) is 45.6 Å². The molecule has 0 unspecified atom stereocenters. The second-order valence-corrected chi connectivity index (χ2v) is 9.49. The maximum absolute atomic E-state index is 14.5. The van der Waals surface area contributed by atoms with E-state index >= 15 is 0 Å². The number of carbonyl (C=O) groups excluding carboxylic acids is 2. The van der Waals surface area contributed by atoms with Crippen LogP contribution in [0.15, 0.2) is 42.5 Å². The molecule has 0 fully saturated rings. The average molecular weight is 461 g/mol. The van der Waals surface area contributed by atoms with Gasteiger partial charge in [0.2, 0.25) is 0 Å². The minimum absolute atomic E-state index is 0.0694. The third-order valence-electron chi connectivity index (χ3n) is 7.11. The highest BCUT2D eigenvalue weighted by Crippen LogP contribution is 2.52. The van der Waals surface area contributed by atoms with E-state index in [1.807, 2.05) is 54.3 Å². The molecule has 3 aromatic rings. The normalized spacial score (nSPS) is 19.1. The Hall–Kier alpha value is -3.48. The topological polar surface area (TPSA) is 77.7 Å². The van der Waals surface area contributed by atoms with Gasteiger partial charge in [0, 0.05) is 36.1 Å². The Bertz CT molecular complexity index is 1260. The molecule has 34 heavy (non-hydrogen) atoms. The number of H-pyrrole nitrogens is 1. The van der Waals surface area contributed by atoms with Crippen LogP contribution in [-0.4, -0.2) is 48.6 Å². The highest BCUT2D eigenvalue weighted by atomic mass is 16.5. The van der Waals surface area contributed by atoms with Gasteiger partial charge in [-0.2, -0.15) is 0 Å². The van der Waals surface area contributed by atoms with Crippen molar-refractivity contribution < 1.29 is 14.3 Å². The summed E-state index contributed by atoms with van der Waals surface area (Å²) in [4.78, 5) is 35.1. The van der Waals surface area contributed by atoms with Gasteiger partial charge >= 0.3 is 6.03 Å². The van der Waals surface area contributed by atoms with Gasteiger partial charge in [0.1, 0.15) is 5.75 Å². The fourth-order valence-electron chi connectivity index (χ4n) is 5.50. The first-order valence-electron chi connectivity index (χ1n) is 12.1. The molecule has 3 heterocycles. The third kappa shape index (κ3) is 3.10. The number of urea groups is 1. The number of carbonyl (C=O) groups is 2. The molecule has 0 radical (unpaired) electrons. The first-order chi connectivity index (χ1) is 16.4. The average Bonchev–Trinajstić information content (AvgIpc) is 3.32. The number of aromatic nitrogens is 1. The zero-order chi connectivity index (χ0) is 24.0. The zero-order valence-corrected chi connectivity index (χ0v) is 20.3. The van der Waals surface area contributed by atoms with Gasteiger partial charge in [-0.05, 0) is 55.5 Å². The molecule has 0 saturated carbocycles. The quantitative estimate of drug-likeness (QED) is 0.592. The lowest BCUT2D eigenvalue weighted by atomic mass is 9.80. The smallest absolute Gasteiger partial charge is 0.318 e. The van der Waals surface area contributed by atoms with E-state index in [1.54, 1.807) is 12.0 Å². The zero-order valence-electron chi connectivity index (χ0n) is 20.3. The molecule has 3 amide bonds. The van der Waals surface area contributed by atoms with Crippen LogP contribution in [0, 0.1) is 5.92 Å². The molecule has 0 aliphatic carbocycles. The molecular weight excluding hydrogens is 428 g/mol. The molecule has 7 heteroatoms. The summed E-state index contributed by atoms with van der Waals surface area (Å²) in [6.45, 7) is 7.77. The molecule has 1 atom stereocenters. The van der Waals surface area contributed by atoms with Crippen molar-refractivity contribution in [3.05, 3.63) is 59.3 Å². The fraction of sp³-hybridized carbons (Fsp3) is 0.407. The molecule has 7 nitrogen and oxygen atoms in total. The van der Waals surface area contributed by atoms with Crippen LogP contribution in [0.2, 0.25) is 0 Å². The summed E-state index contributed by atoms with van der Waals surface area (Å²) in [6.07, 6.45) is 1.54. The minimum atomic E-state index is -1.23. The number of fused-ring (bicyclic) bond motifs is 6. The van der Waals surface area contributed by atoms with Gasteiger partial charge in [0.05, 0.1) is 18.5 Å². The van der Waals surface area contributed by atoms with Crippen LogP contribution < -0.4 is 15.0 Å². The van der Waals surface area contributed by atoms with E-state index in [0.29, 0.717) is 32.0 Å². The number of rotatable bonds is 5. The number of methoxy groups -OCH3 is 1. The van der Waals surface area contributed by atoms with Crippen molar-refractivity contribution in [2.75, 3.05) is 31.6 Å². The lowest BCUT2D eigenvalue weighted by Gasteiger charge is -2.43. The van der Waals surface area contributed by atoms with Crippen molar-refractivity contribution in [3.8, 4) is 5.75 Å². The van der Waals surface area contributed by atoms with Gasteiger partial charge in [-0.15, -0.1) is 0 Å². The Morgan fingerprint density at radius 2 is 2.03 bits per heavy atom. The Morgan fingerprint density at radius 1 is 1.24 bits per heavy atom. The Labute approximate surface area is 200 Å². The molecule has 0 bridgehead atoms. The predicted octanol–water partition coefficient (Wildman–Crippen LogP) is 4.40. The number of benzene rings is 2. The van der Waals surface area contributed by atoms with Crippen LogP contribution in [0.25, 0.3) is 10.9 Å². The number of amides is 3. The van der Waals surface area contributed by atoms with E-state index in [1.165, 1.54) is 0 Å². The molecule has 1 aromatic heterocycles. The van der Waals surface area contributed by atoms with Crippen LogP contribution in [0.4, 0.5) is 10.5 Å². The molecular formula is C27H32N4O3. The third-order valence-corrected chi connectivity index (χ3v) is 7.11. The van der Waals surface area contributed by atoms with Gasteiger partial charge in [-0.3, -0.25) is 4.79 Å². The summed E-state index contributed by atoms with van der Waals surface area (Å²) in [5.74, 6) is 1.16. The molecule has 2 aliphatic rings. The number of para-hydroxylation sites is 1. The number of hydrogen-bond acceptors (Lipinski definition) is 3. The number of hydrogen-bond donors (Lipinski definition) is 2. The molecule has 2 aromatic carbocycles. The van der Waals surface area contributed by atoms with Crippen molar-refractivity contribution in [3.63, 3.8) is 0 Å². The van der Waals surface area contributed by atoms with Gasteiger partial charge in [-0.25, -0.2) is 4.79 Å². The summed E-state index contributed by atoms with van der Waals surface area (Å²) in [5, 5.41) is 3.99. The Morgan fingerprint density at radius 3 is 2.76 bits per heavy atom. The summed E-state index contributed by atoms with van der Waals surface area (Å²) in [7, 11) is 1.65. The van der Waals surface area contributed by atoms with Gasteiger partial charge in [0.25, 0.3) is 5.91 Å². The van der Waals surface area contributed by atoms with Crippen molar-refractivity contribution >= 4 is 28.5 Å². The van der Waals surface area contributed by atoms with E-state index in [-0.39, 0.29) is 11.9 Å². The second-order valence-electron chi connectivity index (χ2n) is 9.49. The summed E-state index contributed by atoms with van der Waals surface area (Å²) < 4.78 is 5.48. The van der Waals surface area contributed by atoms with Crippen LogP contribution in [0.1, 0.15) is 44.0 Å². The lowest BCUT2D eigenvalue weighted by Crippen LogP contribution is -2.61. The van der Waals surface area contributed by atoms with Crippen LogP contribution in [-0.2, 0) is 16.8 Å². The van der Waals surface area contributed by atoms with E-state index in [2.05, 4.69) is 24.1 Å². The number of anilines is 1. The molecule has 2 aliphatic heterocycles. The molecule has 2 N–H and O–H groups in total. The number of nitrogens with zero attached hydrogens (tertiary/aromatic N) is 2. The number of ether oxygens (including phenoxy) is 1. The first kappa shape index (κ1) is 22.3. The predicted molar refractivity (Wildman–Crippen MR) is 133 cm³/mol. The highest BCUT2D eigenvalue weighted by molar-refractivity contribution is 6.12. The van der Waals surface area contributed by atoms with Crippen molar-refractivity contribution in [1.29, 1.82) is 0 Å².